The van der Waals surface area contributed by atoms with Crippen LogP contribution >= 0.6 is 0 Å². The fourth-order valence-corrected chi connectivity index (χ4v) is 2.63. The zero-order chi connectivity index (χ0) is 14.4. The number of nitro benzene ring substituents is 1. The second-order valence-corrected chi connectivity index (χ2v) is 6.05. The summed E-state index contributed by atoms with van der Waals surface area (Å²) in [6.07, 6.45) is 0.667. The maximum Gasteiger partial charge on any atom is 0.269 e. The second-order valence-electron chi connectivity index (χ2n) is 6.05. The number of benzene rings is 1. The first-order chi connectivity index (χ1) is 8.71. The summed E-state index contributed by atoms with van der Waals surface area (Å²) in [6.45, 7) is 7.77. The van der Waals surface area contributed by atoms with E-state index in [4.69, 9.17) is 0 Å². The molecule has 0 saturated carbocycles. The minimum Gasteiger partial charge on any atom is -0.308 e. The second kappa shape index (κ2) is 4.33. The first-order valence-corrected chi connectivity index (χ1v) is 6.29. The zero-order valence-corrected chi connectivity index (χ0v) is 11.6. The van der Waals surface area contributed by atoms with E-state index in [1.54, 1.807) is 17.0 Å². The molecule has 5 nitrogen and oxygen atoms in total. The van der Waals surface area contributed by atoms with Crippen LogP contribution in [-0.4, -0.2) is 16.9 Å². The number of rotatable bonds is 1. The third kappa shape index (κ3) is 2.32. The molecular weight excluding hydrogens is 244 g/mol. The molecule has 0 aromatic heterocycles. The van der Waals surface area contributed by atoms with E-state index in [2.05, 4.69) is 20.8 Å². The van der Waals surface area contributed by atoms with Gasteiger partial charge in [-0.25, -0.2) is 0 Å². The fourth-order valence-electron chi connectivity index (χ4n) is 2.63. The maximum absolute atomic E-state index is 11.9. The standard InChI is InChI=1S/C14H18N2O3/c1-9(17)15-12-6-5-11(16(18)19)7-10(12)8-13(15)14(2,3)4/h5-7,13H,8H2,1-4H3/t13-/m1/s1. The van der Waals surface area contributed by atoms with Gasteiger partial charge >= 0.3 is 0 Å². The Kier molecular flexibility index (Phi) is 3.08. The number of hydrogen-bond donors (Lipinski definition) is 0. The lowest BCUT2D eigenvalue weighted by atomic mass is 9.84. The van der Waals surface area contributed by atoms with Crippen LogP contribution in [0.15, 0.2) is 18.2 Å². The fraction of sp³-hybridized carbons (Fsp3) is 0.500. The summed E-state index contributed by atoms with van der Waals surface area (Å²) >= 11 is 0. The molecule has 102 valence electrons. The normalized spacial score (nSPS) is 18.3. The van der Waals surface area contributed by atoms with Crippen molar-refractivity contribution in [2.45, 2.75) is 40.2 Å². The molecule has 2 rings (SSSR count). The summed E-state index contributed by atoms with van der Waals surface area (Å²) < 4.78 is 0. The highest BCUT2D eigenvalue weighted by Crippen LogP contribution is 2.41. The molecule has 0 radical (unpaired) electrons. The average molecular weight is 262 g/mol. The molecule has 1 aliphatic rings. The van der Waals surface area contributed by atoms with E-state index >= 15 is 0 Å². The third-order valence-corrected chi connectivity index (χ3v) is 3.60. The van der Waals surface area contributed by atoms with Crippen LogP contribution in [0.25, 0.3) is 0 Å². The summed E-state index contributed by atoms with van der Waals surface area (Å²) in [6, 6.07) is 4.76. The lowest BCUT2D eigenvalue weighted by Crippen LogP contribution is -2.44. The van der Waals surface area contributed by atoms with Crippen molar-refractivity contribution in [3.05, 3.63) is 33.9 Å². The van der Waals surface area contributed by atoms with Crippen LogP contribution in [0.5, 0.6) is 0 Å². The number of fused-ring (bicyclic) bond motifs is 1. The van der Waals surface area contributed by atoms with E-state index in [1.807, 2.05) is 0 Å². The molecule has 0 aliphatic carbocycles. The number of amides is 1. The highest BCUT2D eigenvalue weighted by Gasteiger charge is 2.39. The molecule has 0 bridgehead atoms. The molecule has 5 heteroatoms. The highest BCUT2D eigenvalue weighted by atomic mass is 16.6. The Morgan fingerprint density at radius 1 is 1.42 bits per heavy atom. The zero-order valence-electron chi connectivity index (χ0n) is 11.6. The number of anilines is 1. The maximum atomic E-state index is 11.9. The minimum atomic E-state index is -0.400. The van der Waals surface area contributed by atoms with Gasteiger partial charge in [0.05, 0.1) is 4.92 Å². The lowest BCUT2D eigenvalue weighted by molar-refractivity contribution is -0.384. The van der Waals surface area contributed by atoms with E-state index < -0.39 is 4.92 Å². The van der Waals surface area contributed by atoms with Crippen molar-refractivity contribution in [1.82, 2.24) is 0 Å². The van der Waals surface area contributed by atoms with Gasteiger partial charge in [-0.2, -0.15) is 0 Å². The van der Waals surface area contributed by atoms with Crippen molar-refractivity contribution >= 4 is 17.3 Å². The molecule has 1 aromatic rings. The van der Waals surface area contributed by atoms with E-state index in [9.17, 15) is 14.9 Å². The summed E-state index contributed by atoms with van der Waals surface area (Å²) in [7, 11) is 0. The summed E-state index contributed by atoms with van der Waals surface area (Å²) in [5.41, 5.74) is 1.69. The molecule has 1 aliphatic heterocycles. The summed E-state index contributed by atoms with van der Waals surface area (Å²) in [5.74, 6) is -0.0208. The van der Waals surface area contributed by atoms with Crippen LogP contribution in [-0.2, 0) is 11.2 Å². The number of nitro groups is 1. The third-order valence-electron chi connectivity index (χ3n) is 3.60. The van der Waals surface area contributed by atoms with Gasteiger partial charge in [0.15, 0.2) is 0 Å². The molecular formula is C14H18N2O3. The Balaban J connectivity index is 2.49. The Bertz CT molecular complexity index is 546. The molecule has 1 atom stereocenters. The van der Waals surface area contributed by atoms with Gasteiger partial charge in [0.1, 0.15) is 0 Å². The Morgan fingerprint density at radius 2 is 2.05 bits per heavy atom. The molecule has 0 spiro atoms. The van der Waals surface area contributed by atoms with Gasteiger partial charge < -0.3 is 4.90 Å². The van der Waals surface area contributed by atoms with Crippen LogP contribution in [0.1, 0.15) is 33.3 Å². The van der Waals surface area contributed by atoms with Gasteiger partial charge in [0.25, 0.3) is 5.69 Å². The lowest BCUT2D eigenvalue weighted by Gasteiger charge is -2.34. The number of carbonyl (C=O) groups is 1. The van der Waals surface area contributed by atoms with Gasteiger partial charge in [0.2, 0.25) is 5.91 Å². The molecule has 0 unspecified atom stereocenters. The number of nitrogens with zero attached hydrogens (tertiary/aromatic N) is 2. The topological polar surface area (TPSA) is 63.5 Å². The van der Waals surface area contributed by atoms with Crippen molar-refractivity contribution in [2.75, 3.05) is 4.90 Å². The van der Waals surface area contributed by atoms with E-state index in [1.165, 1.54) is 13.0 Å². The number of carbonyl (C=O) groups excluding carboxylic acids is 1. The predicted molar refractivity (Wildman–Crippen MR) is 73.2 cm³/mol. The summed E-state index contributed by atoms with van der Waals surface area (Å²) in [4.78, 5) is 24.1. The molecule has 19 heavy (non-hydrogen) atoms. The molecule has 1 aromatic carbocycles. The first-order valence-electron chi connectivity index (χ1n) is 6.29. The largest absolute Gasteiger partial charge is 0.308 e. The van der Waals surface area contributed by atoms with Crippen molar-refractivity contribution in [3.8, 4) is 0 Å². The average Bonchev–Trinajstić information content (AvgIpc) is 2.66. The molecule has 1 heterocycles. The van der Waals surface area contributed by atoms with Crippen molar-refractivity contribution in [1.29, 1.82) is 0 Å². The Labute approximate surface area is 112 Å². The Morgan fingerprint density at radius 3 is 2.53 bits per heavy atom. The Hall–Kier alpha value is -1.91. The number of non-ortho nitro benzene ring substituents is 1. The SMILES string of the molecule is CC(=O)N1c2ccc([N+](=O)[O-])cc2C[C@@H]1C(C)(C)C. The monoisotopic (exact) mass is 262 g/mol. The van der Waals surface area contributed by atoms with Crippen LogP contribution < -0.4 is 4.90 Å². The highest BCUT2D eigenvalue weighted by molar-refractivity contribution is 5.95. The van der Waals surface area contributed by atoms with Crippen LogP contribution in [0.4, 0.5) is 11.4 Å². The molecule has 0 saturated heterocycles. The van der Waals surface area contributed by atoms with Crippen LogP contribution in [0.2, 0.25) is 0 Å². The predicted octanol–water partition coefficient (Wildman–Crippen LogP) is 2.92. The number of hydrogen-bond acceptors (Lipinski definition) is 3. The van der Waals surface area contributed by atoms with Gasteiger partial charge in [-0.05, 0) is 23.5 Å². The van der Waals surface area contributed by atoms with Crippen molar-refractivity contribution in [3.63, 3.8) is 0 Å². The smallest absolute Gasteiger partial charge is 0.269 e. The molecule has 0 fully saturated rings. The van der Waals surface area contributed by atoms with E-state index in [0.717, 1.165) is 11.3 Å². The van der Waals surface area contributed by atoms with Gasteiger partial charge in [-0.1, -0.05) is 20.8 Å². The van der Waals surface area contributed by atoms with Gasteiger partial charge in [0, 0.05) is 30.8 Å². The van der Waals surface area contributed by atoms with E-state index in [-0.39, 0.29) is 23.1 Å². The van der Waals surface area contributed by atoms with Crippen molar-refractivity contribution in [2.24, 2.45) is 5.41 Å². The summed E-state index contributed by atoms with van der Waals surface area (Å²) in [5, 5.41) is 10.8. The van der Waals surface area contributed by atoms with Gasteiger partial charge in [-0.3, -0.25) is 14.9 Å². The van der Waals surface area contributed by atoms with Gasteiger partial charge in [-0.15, -0.1) is 0 Å². The van der Waals surface area contributed by atoms with Crippen molar-refractivity contribution < 1.29 is 9.72 Å². The molecule has 1 amide bonds. The van der Waals surface area contributed by atoms with Crippen LogP contribution in [0.3, 0.4) is 0 Å². The van der Waals surface area contributed by atoms with Crippen LogP contribution in [0, 0.1) is 15.5 Å². The molecule has 0 N–H and O–H groups in total. The van der Waals surface area contributed by atoms with E-state index in [0.29, 0.717) is 6.42 Å². The quantitative estimate of drug-likeness (QED) is 0.577. The minimum absolute atomic E-state index is 0.0208. The first kappa shape index (κ1) is 13.5.